The molecule has 2 aromatic rings. The van der Waals surface area contributed by atoms with Crippen LogP contribution in [0.2, 0.25) is 0 Å². The van der Waals surface area contributed by atoms with E-state index in [4.69, 9.17) is 5.11 Å². The maximum atomic E-state index is 11.9. The molecular weight excluding hydrogens is 310 g/mol. The second kappa shape index (κ2) is 8.64. The first-order chi connectivity index (χ1) is 11.1. The minimum Gasteiger partial charge on any atom is -0.394 e. The highest BCUT2D eigenvalue weighted by molar-refractivity contribution is 7.11. The van der Waals surface area contributed by atoms with Gasteiger partial charge in [-0.2, -0.15) is 0 Å². The molecule has 0 aliphatic heterocycles. The highest BCUT2D eigenvalue weighted by Gasteiger charge is 2.09. The molecule has 1 atom stereocenters. The maximum absolute atomic E-state index is 11.9. The molecule has 1 unspecified atom stereocenters. The van der Waals surface area contributed by atoms with Gasteiger partial charge in [0.15, 0.2) is 0 Å². The van der Waals surface area contributed by atoms with Crippen LogP contribution in [0.15, 0.2) is 30.5 Å². The standard InChI is InChI=1S/C17H23N3O2S/c1-3-14(11-21)20-17(22)8-13-4-6-15(7-5-13)19-10-16-9-18-12(2)23-16/h4-7,9,14,19,21H,3,8,10-11H2,1-2H3,(H,20,22). The summed E-state index contributed by atoms with van der Waals surface area (Å²) < 4.78 is 0. The number of amides is 1. The number of anilines is 1. The first kappa shape index (κ1) is 17.4. The van der Waals surface area contributed by atoms with Crippen molar-refractivity contribution in [2.24, 2.45) is 0 Å². The van der Waals surface area contributed by atoms with Crippen LogP contribution in [0.1, 0.15) is 28.8 Å². The van der Waals surface area contributed by atoms with Crippen molar-refractivity contribution in [3.8, 4) is 0 Å². The predicted molar refractivity (Wildman–Crippen MR) is 93.6 cm³/mol. The molecule has 23 heavy (non-hydrogen) atoms. The van der Waals surface area contributed by atoms with Crippen LogP contribution in [0.5, 0.6) is 0 Å². The molecule has 0 aliphatic rings. The number of aryl methyl sites for hydroxylation is 1. The van der Waals surface area contributed by atoms with Crippen molar-refractivity contribution in [1.82, 2.24) is 10.3 Å². The van der Waals surface area contributed by atoms with Crippen LogP contribution in [0.3, 0.4) is 0 Å². The van der Waals surface area contributed by atoms with E-state index in [9.17, 15) is 4.79 Å². The number of aliphatic hydroxyl groups is 1. The monoisotopic (exact) mass is 333 g/mol. The zero-order valence-corrected chi connectivity index (χ0v) is 14.3. The number of carbonyl (C=O) groups is 1. The minimum absolute atomic E-state index is 0.0256. The van der Waals surface area contributed by atoms with E-state index in [2.05, 4.69) is 15.6 Å². The van der Waals surface area contributed by atoms with Gasteiger partial charge in [-0.3, -0.25) is 4.79 Å². The molecule has 124 valence electrons. The minimum atomic E-state index is -0.161. The number of thiazole rings is 1. The van der Waals surface area contributed by atoms with Crippen LogP contribution in [0.25, 0.3) is 0 Å². The van der Waals surface area contributed by atoms with Crippen molar-refractivity contribution >= 4 is 22.9 Å². The summed E-state index contributed by atoms with van der Waals surface area (Å²) in [6.07, 6.45) is 2.93. The zero-order chi connectivity index (χ0) is 16.7. The summed E-state index contributed by atoms with van der Waals surface area (Å²) in [4.78, 5) is 17.3. The van der Waals surface area contributed by atoms with Gasteiger partial charge >= 0.3 is 0 Å². The quantitative estimate of drug-likeness (QED) is 0.694. The lowest BCUT2D eigenvalue weighted by molar-refractivity contribution is -0.121. The molecule has 1 aromatic heterocycles. The van der Waals surface area contributed by atoms with Crippen molar-refractivity contribution in [2.75, 3.05) is 11.9 Å². The Hall–Kier alpha value is -1.92. The van der Waals surface area contributed by atoms with E-state index in [0.29, 0.717) is 6.42 Å². The van der Waals surface area contributed by atoms with Crippen molar-refractivity contribution in [3.63, 3.8) is 0 Å². The van der Waals surface area contributed by atoms with E-state index < -0.39 is 0 Å². The summed E-state index contributed by atoms with van der Waals surface area (Å²) in [6.45, 7) is 4.66. The van der Waals surface area contributed by atoms with Gasteiger partial charge in [-0.15, -0.1) is 11.3 Å². The number of aromatic nitrogens is 1. The summed E-state index contributed by atoms with van der Waals surface area (Å²) in [7, 11) is 0. The normalized spacial score (nSPS) is 12.0. The molecule has 1 heterocycles. The largest absolute Gasteiger partial charge is 0.394 e. The van der Waals surface area contributed by atoms with Gasteiger partial charge in [0.25, 0.3) is 0 Å². The zero-order valence-electron chi connectivity index (χ0n) is 13.5. The molecular formula is C17H23N3O2S. The van der Waals surface area contributed by atoms with E-state index in [1.54, 1.807) is 11.3 Å². The molecule has 1 aromatic carbocycles. The smallest absolute Gasteiger partial charge is 0.224 e. The van der Waals surface area contributed by atoms with Crippen LogP contribution in [0, 0.1) is 6.92 Å². The number of aliphatic hydroxyl groups excluding tert-OH is 1. The first-order valence-corrected chi connectivity index (χ1v) is 8.56. The van der Waals surface area contributed by atoms with Gasteiger partial charge in [0.05, 0.1) is 30.6 Å². The second-order valence-corrected chi connectivity index (χ2v) is 6.75. The highest BCUT2D eigenvalue weighted by Crippen LogP contribution is 2.15. The van der Waals surface area contributed by atoms with Crippen molar-refractivity contribution < 1.29 is 9.90 Å². The molecule has 0 saturated carbocycles. The molecule has 2 rings (SSSR count). The van der Waals surface area contributed by atoms with Crippen LogP contribution in [-0.2, 0) is 17.8 Å². The molecule has 0 bridgehead atoms. The topological polar surface area (TPSA) is 74.2 Å². The molecule has 0 saturated heterocycles. The van der Waals surface area contributed by atoms with E-state index in [-0.39, 0.29) is 18.6 Å². The van der Waals surface area contributed by atoms with Crippen LogP contribution < -0.4 is 10.6 Å². The molecule has 0 spiro atoms. The van der Waals surface area contributed by atoms with Crippen molar-refractivity contribution in [1.29, 1.82) is 0 Å². The highest BCUT2D eigenvalue weighted by atomic mass is 32.1. The number of hydrogen-bond acceptors (Lipinski definition) is 5. The van der Waals surface area contributed by atoms with E-state index in [1.165, 1.54) is 4.88 Å². The Morgan fingerprint density at radius 2 is 2.09 bits per heavy atom. The van der Waals surface area contributed by atoms with Gasteiger partial charge in [-0.25, -0.2) is 4.98 Å². The average Bonchev–Trinajstić information content (AvgIpc) is 2.97. The van der Waals surface area contributed by atoms with Gasteiger partial charge in [-0.1, -0.05) is 19.1 Å². The Balaban J connectivity index is 1.83. The van der Waals surface area contributed by atoms with Gasteiger partial charge < -0.3 is 15.7 Å². The predicted octanol–water partition coefficient (Wildman–Crippen LogP) is 2.49. The molecule has 6 heteroatoms. The number of nitrogens with zero attached hydrogens (tertiary/aromatic N) is 1. The third-order valence-electron chi connectivity index (χ3n) is 3.53. The Bertz CT molecular complexity index is 621. The number of hydrogen-bond donors (Lipinski definition) is 3. The summed E-state index contributed by atoms with van der Waals surface area (Å²) >= 11 is 1.68. The fourth-order valence-corrected chi connectivity index (χ4v) is 2.89. The fourth-order valence-electron chi connectivity index (χ4n) is 2.16. The maximum Gasteiger partial charge on any atom is 0.224 e. The molecule has 1 amide bonds. The van der Waals surface area contributed by atoms with Crippen molar-refractivity contribution in [3.05, 3.63) is 45.9 Å². The lowest BCUT2D eigenvalue weighted by Crippen LogP contribution is -2.37. The Morgan fingerprint density at radius 1 is 1.35 bits per heavy atom. The Kier molecular flexibility index (Phi) is 6.55. The van der Waals surface area contributed by atoms with Gasteiger partial charge in [-0.05, 0) is 31.0 Å². The SMILES string of the molecule is CCC(CO)NC(=O)Cc1ccc(NCc2cnc(C)s2)cc1. The number of nitrogens with one attached hydrogen (secondary N) is 2. The number of rotatable bonds is 8. The second-order valence-electron chi connectivity index (χ2n) is 5.43. The summed E-state index contributed by atoms with van der Waals surface area (Å²) in [5, 5.41) is 16.3. The lowest BCUT2D eigenvalue weighted by atomic mass is 10.1. The van der Waals surface area contributed by atoms with Crippen LogP contribution in [-0.4, -0.2) is 28.6 Å². The Labute approximate surface area is 140 Å². The fraction of sp³-hybridized carbons (Fsp3) is 0.412. The lowest BCUT2D eigenvalue weighted by Gasteiger charge is -2.14. The van der Waals surface area contributed by atoms with E-state index >= 15 is 0 Å². The van der Waals surface area contributed by atoms with Crippen molar-refractivity contribution in [2.45, 2.75) is 39.3 Å². The summed E-state index contributed by atoms with van der Waals surface area (Å²) in [5.41, 5.74) is 1.97. The molecule has 3 N–H and O–H groups in total. The third-order valence-corrected chi connectivity index (χ3v) is 4.45. The van der Waals surface area contributed by atoms with Gasteiger partial charge in [0.2, 0.25) is 5.91 Å². The van der Waals surface area contributed by atoms with Gasteiger partial charge in [0, 0.05) is 16.8 Å². The number of carbonyl (C=O) groups excluding carboxylic acids is 1. The third kappa shape index (κ3) is 5.65. The van der Waals surface area contributed by atoms with Gasteiger partial charge in [0.1, 0.15) is 0 Å². The molecule has 0 radical (unpaired) electrons. The average molecular weight is 333 g/mol. The van der Waals surface area contributed by atoms with E-state index in [1.807, 2.05) is 44.3 Å². The van der Waals surface area contributed by atoms with E-state index in [0.717, 1.165) is 29.2 Å². The molecule has 0 fully saturated rings. The number of benzene rings is 1. The molecule has 0 aliphatic carbocycles. The Morgan fingerprint density at radius 3 is 2.65 bits per heavy atom. The van der Waals surface area contributed by atoms with Crippen LogP contribution >= 0.6 is 11.3 Å². The first-order valence-electron chi connectivity index (χ1n) is 7.75. The summed E-state index contributed by atoms with van der Waals surface area (Å²) in [6, 6.07) is 7.67. The molecule has 5 nitrogen and oxygen atoms in total. The van der Waals surface area contributed by atoms with Crippen LogP contribution in [0.4, 0.5) is 5.69 Å². The summed E-state index contributed by atoms with van der Waals surface area (Å²) in [5.74, 6) is -0.0632.